The normalized spacial score (nSPS) is 25.1. The monoisotopic (exact) mass is 323 g/mol. The first kappa shape index (κ1) is 17.5. The predicted molar refractivity (Wildman–Crippen MR) is 75.5 cm³/mol. The van der Waals surface area contributed by atoms with Gasteiger partial charge in [0, 0.05) is 13.1 Å². The molecule has 0 radical (unpaired) electrons. The number of carbonyl (C=O) groups is 1. The number of amides is 1. The van der Waals surface area contributed by atoms with Gasteiger partial charge in [-0.2, -0.15) is 13.2 Å². The fourth-order valence-electron chi connectivity index (χ4n) is 2.94. The second kappa shape index (κ2) is 8.12. The fraction of sp³-hybridized carbons (Fsp3) is 0.929. The Kier molecular flexibility index (Phi) is 6.46. The van der Waals surface area contributed by atoms with E-state index in [-0.39, 0.29) is 11.9 Å². The van der Waals surface area contributed by atoms with Crippen LogP contribution in [-0.2, 0) is 9.53 Å². The fourth-order valence-corrected chi connectivity index (χ4v) is 2.94. The number of likely N-dealkylation sites (tertiary alicyclic amines) is 1. The molecule has 0 aliphatic carbocycles. The van der Waals surface area contributed by atoms with Crippen molar-refractivity contribution in [3.8, 4) is 0 Å². The number of rotatable bonds is 5. The summed E-state index contributed by atoms with van der Waals surface area (Å²) in [6.45, 7) is 2.41. The third-order valence-corrected chi connectivity index (χ3v) is 4.20. The van der Waals surface area contributed by atoms with Crippen LogP contribution in [0.3, 0.4) is 0 Å². The van der Waals surface area contributed by atoms with E-state index in [2.05, 4.69) is 10.6 Å². The summed E-state index contributed by atoms with van der Waals surface area (Å²) in [4.78, 5) is 13.3. The molecule has 0 spiro atoms. The highest BCUT2D eigenvalue weighted by Crippen LogP contribution is 2.23. The quantitative estimate of drug-likeness (QED) is 0.784. The molecule has 0 bridgehead atoms. The molecule has 2 fully saturated rings. The first-order chi connectivity index (χ1) is 10.4. The van der Waals surface area contributed by atoms with Gasteiger partial charge in [0.25, 0.3) is 0 Å². The molecular formula is C14H24F3N3O2. The van der Waals surface area contributed by atoms with Gasteiger partial charge in [-0.1, -0.05) is 0 Å². The Morgan fingerprint density at radius 2 is 2.05 bits per heavy atom. The number of hydrogen-bond acceptors (Lipinski definition) is 4. The minimum atomic E-state index is -4.12. The highest BCUT2D eigenvalue weighted by Gasteiger charge is 2.32. The van der Waals surface area contributed by atoms with Crippen molar-refractivity contribution in [3.05, 3.63) is 0 Å². The standard InChI is InChI=1S/C14H24F3N3O2/c15-14(16,17)10-20-6-2-11(3-7-20)1-4-19-13(21)12-9-22-8-5-18-12/h11-12,18H,1-10H2,(H,19,21). The van der Waals surface area contributed by atoms with Gasteiger partial charge in [0.05, 0.1) is 19.8 Å². The topological polar surface area (TPSA) is 53.6 Å². The van der Waals surface area contributed by atoms with Crippen molar-refractivity contribution < 1.29 is 22.7 Å². The van der Waals surface area contributed by atoms with Crippen LogP contribution >= 0.6 is 0 Å². The van der Waals surface area contributed by atoms with Crippen molar-refractivity contribution in [2.45, 2.75) is 31.5 Å². The maximum atomic E-state index is 12.3. The van der Waals surface area contributed by atoms with Gasteiger partial charge in [-0.05, 0) is 38.3 Å². The lowest BCUT2D eigenvalue weighted by atomic mass is 9.93. The van der Waals surface area contributed by atoms with Crippen molar-refractivity contribution in [3.63, 3.8) is 0 Å². The van der Waals surface area contributed by atoms with Crippen LogP contribution in [0, 0.1) is 5.92 Å². The van der Waals surface area contributed by atoms with Crippen molar-refractivity contribution in [2.75, 3.05) is 45.9 Å². The lowest BCUT2D eigenvalue weighted by molar-refractivity contribution is -0.148. The third-order valence-electron chi connectivity index (χ3n) is 4.20. The van der Waals surface area contributed by atoms with E-state index >= 15 is 0 Å². The van der Waals surface area contributed by atoms with Crippen LogP contribution in [0.25, 0.3) is 0 Å². The number of piperidine rings is 1. The van der Waals surface area contributed by atoms with Crippen LogP contribution < -0.4 is 10.6 Å². The average molecular weight is 323 g/mol. The summed E-state index contributed by atoms with van der Waals surface area (Å²) in [7, 11) is 0. The molecule has 1 unspecified atom stereocenters. The van der Waals surface area contributed by atoms with Gasteiger partial charge >= 0.3 is 6.18 Å². The second-order valence-corrected chi connectivity index (χ2v) is 6.00. The van der Waals surface area contributed by atoms with E-state index in [1.807, 2.05) is 0 Å². The van der Waals surface area contributed by atoms with Crippen LogP contribution in [0.15, 0.2) is 0 Å². The number of alkyl halides is 3. The molecule has 1 atom stereocenters. The molecule has 2 heterocycles. The Morgan fingerprint density at radius 3 is 2.64 bits per heavy atom. The summed E-state index contributed by atoms with van der Waals surface area (Å²) in [5.74, 6) is 0.328. The zero-order chi connectivity index (χ0) is 16.0. The van der Waals surface area contributed by atoms with Gasteiger partial charge in [-0.25, -0.2) is 0 Å². The highest BCUT2D eigenvalue weighted by molar-refractivity contribution is 5.81. The molecule has 0 aromatic rings. The van der Waals surface area contributed by atoms with Crippen LogP contribution in [0.1, 0.15) is 19.3 Å². The molecule has 2 rings (SSSR count). The van der Waals surface area contributed by atoms with E-state index in [9.17, 15) is 18.0 Å². The number of carbonyl (C=O) groups excluding carboxylic acids is 1. The van der Waals surface area contributed by atoms with Crippen LogP contribution in [0.4, 0.5) is 13.2 Å². The second-order valence-electron chi connectivity index (χ2n) is 6.00. The van der Waals surface area contributed by atoms with Gasteiger partial charge in [0.15, 0.2) is 0 Å². The van der Waals surface area contributed by atoms with Crippen molar-refractivity contribution in [1.82, 2.24) is 15.5 Å². The summed E-state index contributed by atoms with van der Waals surface area (Å²) in [5, 5.41) is 5.96. The Bertz CT molecular complexity index is 352. The Morgan fingerprint density at radius 1 is 1.32 bits per heavy atom. The Labute approximate surface area is 128 Å². The van der Waals surface area contributed by atoms with Gasteiger partial charge in [-0.15, -0.1) is 0 Å². The van der Waals surface area contributed by atoms with E-state index in [1.54, 1.807) is 0 Å². The molecular weight excluding hydrogens is 299 g/mol. The number of hydrogen-bond donors (Lipinski definition) is 2. The highest BCUT2D eigenvalue weighted by atomic mass is 19.4. The molecule has 22 heavy (non-hydrogen) atoms. The molecule has 0 saturated carbocycles. The number of ether oxygens (including phenoxy) is 1. The van der Waals surface area contributed by atoms with Crippen LogP contribution in [-0.4, -0.2) is 69.0 Å². The Balaban J connectivity index is 1.58. The molecule has 2 N–H and O–H groups in total. The van der Waals surface area contributed by atoms with Gasteiger partial charge < -0.3 is 15.4 Å². The molecule has 8 heteroatoms. The summed E-state index contributed by atoms with van der Waals surface area (Å²) < 4.78 is 42.1. The van der Waals surface area contributed by atoms with Gasteiger partial charge in [0.1, 0.15) is 6.04 Å². The number of nitrogens with zero attached hydrogens (tertiary/aromatic N) is 1. The van der Waals surface area contributed by atoms with Crippen LogP contribution in [0.5, 0.6) is 0 Å². The lowest BCUT2D eigenvalue weighted by Crippen LogP contribution is -2.51. The van der Waals surface area contributed by atoms with E-state index < -0.39 is 12.7 Å². The average Bonchev–Trinajstić information content (AvgIpc) is 2.48. The molecule has 128 valence electrons. The van der Waals surface area contributed by atoms with E-state index in [1.165, 1.54) is 4.90 Å². The van der Waals surface area contributed by atoms with Gasteiger partial charge in [-0.3, -0.25) is 9.69 Å². The van der Waals surface area contributed by atoms with E-state index in [4.69, 9.17) is 4.74 Å². The molecule has 5 nitrogen and oxygen atoms in total. The summed E-state index contributed by atoms with van der Waals surface area (Å²) in [6.07, 6.45) is -1.78. The van der Waals surface area contributed by atoms with Crippen LogP contribution in [0.2, 0.25) is 0 Å². The minimum absolute atomic E-state index is 0.0609. The smallest absolute Gasteiger partial charge is 0.378 e. The zero-order valence-electron chi connectivity index (χ0n) is 12.6. The molecule has 2 aliphatic rings. The van der Waals surface area contributed by atoms with Gasteiger partial charge in [0.2, 0.25) is 5.91 Å². The molecule has 2 saturated heterocycles. The largest absolute Gasteiger partial charge is 0.401 e. The van der Waals surface area contributed by atoms with Crippen molar-refractivity contribution in [1.29, 1.82) is 0 Å². The summed E-state index contributed by atoms with van der Waals surface area (Å²) in [6, 6.07) is -0.289. The minimum Gasteiger partial charge on any atom is -0.378 e. The zero-order valence-corrected chi connectivity index (χ0v) is 12.6. The molecule has 0 aromatic heterocycles. The van der Waals surface area contributed by atoms with Crippen molar-refractivity contribution in [2.24, 2.45) is 5.92 Å². The summed E-state index contributed by atoms with van der Waals surface area (Å²) >= 11 is 0. The number of halogens is 3. The SMILES string of the molecule is O=C(NCCC1CCN(CC(F)(F)F)CC1)C1COCCN1. The summed E-state index contributed by atoms with van der Waals surface area (Å²) in [5.41, 5.74) is 0. The number of nitrogens with one attached hydrogen (secondary N) is 2. The lowest BCUT2D eigenvalue weighted by Gasteiger charge is -2.32. The van der Waals surface area contributed by atoms with E-state index in [0.717, 1.165) is 19.3 Å². The predicted octanol–water partition coefficient (Wildman–Crippen LogP) is 0.755. The maximum Gasteiger partial charge on any atom is 0.401 e. The molecule has 0 aromatic carbocycles. The number of morpholine rings is 1. The first-order valence-corrected chi connectivity index (χ1v) is 7.82. The maximum absolute atomic E-state index is 12.3. The third kappa shape index (κ3) is 6.10. The molecule has 1 amide bonds. The molecule has 2 aliphatic heterocycles. The van der Waals surface area contributed by atoms with E-state index in [0.29, 0.717) is 45.3 Å². The van der Waals surface area contributed by atoms with Crippen molar-refractivity contribution >= 4 is 5.91 Å². The first-order valence-electron chi connectivity index (χ1n) is 7.82. The Hall–Kier alpha value is -0.860.